The lowest BCUT2D eigenvalue weighted by atomic mass is 10.2. The number of ether oxygens (including phenoxy) is 2. The van der Waals surface area contributed by atoms with E-state index in [-0.39, 0.29) is 0 Å². The molecule has 0 saturated carbocycles. The van der Waals surface area contributed by atoms with Crippen LogP contribution >= 0.6 is 15.9 Å². The number of aromatic nitrogens is 2. The van der Waals surface area contributed by atoms with Gasteiger partial charge in [-0.1, -0.05) is 0 Å². The molecule has 0 atom stereocenters. The van der Waals surface area contributed by atoms with Gasteiger partial charge in [0, 0.05) is 0 Å². The quantitative estimate of drug-likeness (QED) is 0.624. The maximum absolute atomic E-state index is 11.4. The van der Waals surface area contributed by atoms with Gasteiger partial charge in [0.1, 0.15) is 10.2 Å². The number of methoxy groups -OCH3 is 2. The third-order valence-electron chi connectivity index (χ3n) is 2.21. The van der Waals surface area contributed by atoms with Gasteiger partial charge in [0.2, 0.25) is 0 Å². The molecule has 0 radical (unpaired) electrons. The van der Waals surface area contributed by atoms with Crippen molar-refractivity contribution in [2.75, 3.05) is 14.2 Å². The number of hydrogen-bond donors (Lipinski definition) is 0. The van der Waals surface area contributed by atoms with E-state index in [9.17, 15) is 4.79 Å². The molecule has 0 aliphatic rings. The Morgan fingerprint density at radius 3 is 2.81 bits per heavy atom. The van der Waals surface area contributed by atoms with Crippen LogP contribution in [0.3, 0.4) is 0 Å². The van der Waals surface area contributed by atoms with Gasteiger partial charge in [-0.3, -0.25) is 0 Å². The first kappa shape index (κ1) is 10.9. The zero-order valence-corrected chi connectivity index (χ0v) is 10.3. The summed E-state index contributed by atoms with van der Waals surface area (Å²) in [5.41, 5.74) is 1.09. The molecular weight excluding hydrogens is 276 g/mol. The van der Waals surface area contributed by atoms with Crippen LogP contribution in [0.15, 0.2) is 22.9 Å². The summed E-state index contributed by atoms with van der Waals surface area (Å²) < 4.78 is 12.0. The molecule has 2 rings (SSSR count). The summed E-state index contributed by atoms with van der Waals surface area (Å²) in [6, 6.07) is 3.51. The minimum absolute atomic E-state index is 0.410. The van der Waals surface area contributed by atoms with E-state index in [2.05, 4.69) is 25.8 Å². The first-order valence-electron chi connectivity index (χ1n) is 4.47. The summed E-state index contributed by atoms with van der Waals surface area (Å²) in [6.45, 7) is 0. The van der Waals surface area contributed by atoms with Gasteiger partial charge >= 0.3 is 5.97 Å². The maximum Gasteiger partial charge on any atom is 0.341 e. The number of hydrogen-bond acceptors (Lipinski definition) is 4. The van der Waals surface area contributed by atoms with E-state index in [4.69, 9.17) is 4.74 Å². The van der Waals surface area contributed by atoms with Crippen molar-refractivity contribution in [1.82, 2.24) is 9.61 Å². The molecule has 2 heterocycles. The Bertz CT molecular complexity index is 550. The third kappa shape index (κ3) is 1.55. The molecule has 0 N–H and O–H groups in total. The minimum atomic E-state index is -0.410. The Hall–Kier alpha value is -1.56. The zero-order valence-electron chi connectivity index (χ0n) is 8.73. The number of halogens is 1. The molecule has 0 saturated heterocycles. The highest BCUT2D eigenvalue weighted by molar-refractivity contribution is 9.10. The Kier molecular flexibility index (Phi) is 2.82. The lowest BCUT2D eigenvalue weighted by Crippen LogP contribution is -2.01. The fourth-order valence-corrected chi connectivity index (χ4v) is 2.00. The van der Waals surface area contributed by atoms with E-state index in [0.29, 0.717) is 21.4 Å². The molecule has 84 valence electrons. The molecule has 0 amide bonds. The van der Waals surface area contributed by atoms with Crippen molar-refractivity contribution >= 4 is 27.4 Å². The molecule has 6 heteroatoms. The first-order valence-corrected chi connectivity index (χ1v) is 5.27. The van der Waals surface area contributed by atoms with Crippen molar-refractivity contribution in [3.05, 3.63) is 28.5 Å². The van der Waals surface area contributed by atoms with Crippen molar-refractivity contribution in [3.63, 3.8) is 0 Å². The highest BCUT2D eigenvalue weighted by Gasteiger charge is 2.15. The van der Waals surface area contributed by atoms with Crippen LogP contribution in [0.2, 0.25) is 0 Å². The van der Waals surface area contributed by atoms with Gasteiger partial charge < -0.3 is 9.47 Å². The average molecular weight is 285 g/mol. The molecule has 16 heavy (non-hydrogen) atoms. The molecule has 0 bridgehead atoms. The van der Waals surface area contributed by atoms with Gasteiger partial charge in [-0.05, 0) is 28.1 Å². The predicted molar refractivity (Wildman–Crippen MR) is 60.8 cm³/mol. The van der Waals surface area contributed by atoms with Crippen LogP contribution in [-0.2, 0) is 4.74 Å². The highest BCUT2D eigenvalue weighted by atomic mass is 79.9. The van der Waals surface area contributed by atoms with Crippen molar-refractivity contribution in [2.45, 2.75) is 0 Å². The van der Waals surface area contributed by atoms with Crippen LogP contribution < -0.4 is 4.74 Å². The van der Waals surface area contributed by atoms with E-state index in [0.717, 1.165) is 0 Å². The van der Waals surface area contributed by atoms with Gasteiger partial charge in [0.15, 0.2) is 5.75 Å². The number of esters is 1. The Labute approximate surface area is 100 Å². The van der Waals surface area contributed by atoms with E-state index in [1.165, 1.54) is 13.3 Å². The maximum atomic E-state index is 11.4. The summed E-state index contributed by atoms with van der Waals surface area (Å²) >= 11 is 3.35. The normalized spacial score (nSPS) is 10.4. The summed E-state index contributed by atoms with van der Waals surface area (Å²) in [5, 5.41) is 4.08. The van der Waals surface area contributed by atoms with Crippen LogP contribution in [-0.4, -0.2) is 29.8 Å². The van der Waals surface area contributed by atoms with E-state index in [1.807, 2.05) is 0 Å². The standard InChI is InChI=1S/C10H9BrN2O3/c1-15-8-4-3-7-6(10(14)16-2)5-12-13(7)9(8)11/h3-5H,1-2H3. The number of pyridine rings is 1. The van der Waals surface area contributed by atoms with Crippen LogP contribution in [0.25, 0.3) is 5.52 Å². The van der Waals surface area contributed by atoms with Crippen LogP contribution in [0.5, 0.6) is 5.75 Å². The van der Waals surface area contributed by atoms with Crippen LogP contribution in [0.4, 0.5) is 0 Å². The molecule has 0 unspecified atom stereocenters. The van der Waals surface area contributed by atoms with Crippen LogP contribution in [0, 0.1) is 0 Å². The smallest absolute Gasteiger partial charge is 0.341 e. The Morgan fingerprint density at radius 2 is 2.19 bits per heavy atom. The lowest BCUT2D eigenvalue weighted by molar-refractivity contribution is 0.0603. The third-order valence-corrected chi connectivity index (χ3v) is 2.94. The SMILES string of the molecule is COC(=O)c1cnn2c(Br)c(OC)ccc12. The number of rotatable bonds is 2. The van der Waals surface area contributed by atoms with E-state index < -0.39 is 5.97 Å². The topological polar surface area (TPSA) is 52.8 Å². The first-order chi connectivity index (χ1) is 7.69. The molecule has 5 nitrogen and oxygen atoms in total. The van der Waals surface area contributed by atoms with Crippen molar-refractivity contribution in [3.8, 4) is 5.75 Å². The molecule has 2 aromatic rings. The molecule has 2 aromatic heterocycles. The molecule has 0 aliphatic heterocycles. The molecule has 0 fully saturated rings. The number of carbonyl (C=O) groups excluding carboxylic acids is 1. The Morgan fingerprint density at radius 1 is 1.44 bits per heavy atom. The fourth-order valence-electron chi connectivity index (χ4n) is 1.42. The zero-order chi connectivity index (χ0) is 11.7. The summed E-state index contributed by atoms with van der Waals surface area (Å²) in [4.78, 5) is 11.4. The summed E-state index contributed by atoms with van der Waals surface area (Å²) in [6.07, 6.45) is 1.46. The van der Waals surface area contributed by atoms with Crippen molar-refractivity contribution < 1.29 is 14.3 Å². The molecule has 0 aliphatic carbocycles. The lowest BCUT2D eigenvalue weighted by Gasteiger charge is -2.04. The fraction of sp³-hybridized carbons (Fsp3) is 0.200. The minimum Gasteiger partial charge on any atom is -0.494 e. The van der Waals surface area contributed by atoms with Crippen molar-refractivity contribution in [2.24, 2.45) is 0 Å². The van der Waals surface area contributed by atoms with E-state index in [1.54, 1.807) is 23.8 Å². The average Bonchev–Trinajstić information content (AvgIpc) is 2.73. The van der Waals surface area contributed by atoms with Crippen molar-refractivity contribution in [1.29, 1.82) is 0 Å². The van der Waals surface area contributed by atoms with Gasteiger partial charge in [0.25, 0.3) is 0 Å². The van der Waals surface area contributed by atoms with Gasteiger partial charge in [-0.25, -0.2) is 9.31 Å². The number of fused-ring (bicyclic) bond motifs is 1. The summed E-state index contributed by atoms with van der Waals surface area (Å²) in [7, 11) is 2.90. The second-order valence-corrected chi connectivity index (χ2v) is 3.79. The van der Waals surface area contributed by atoms with Gasteiger partial charge in [-0.2, -0.15) is 5.10 Å². The second kappa shape index (κ2) is 4.13. The molecule has 0 spiro atoms. The number of carbonyl (C=O) groups is 1. The molecule has 0 aromatic carbocycles. The summed E-state index contributed by atoms with van der Waals surface area (Å²) in [5.74, 6) is 0.235. The van der Waals surface area contributed by atoms with Gasteiger partial charge in [0.05, 0.1) is 25.9 Å². The van der Waals surface area contributed by atoms with Crippen LogP contribution in [0.1, 0.15) is 10.4 Å². The predicted octanol–water partition coefficient (Wildman–Crippen LogP) is 1.89. The Balaban J connectivity index is 2.67. The molecular formula is C10H9BrN2O3. The van der Waals surface area contributed by atoms with Gasteiger partial charge in [-0.15, -0.1) is 0 Å². The largest absolute Gasteiger partial charge is 0.494 e. The monoisotopic (exact) mass is 284 g/mol. The highest BCUT2D eigenvalue weighted by Crippen LogP contribution is 2.27. The van der Waals surface area contributed by atoms with E-state index >= 15 is 0 Å². The second-order valence-electron chi connectivity index (χ2n) is 3.04. The number of nitrogens with zero attached hydrogens (tertiary/aromatic N) is 2.